The minimum absolute atomic E-state index is 0. The average Bonchev–Trinajstić information content (AvgIpc) is 2.58. The molecule has 0 aliphatic carbocycles. The SMILES string of the molecule is COCCNCC(=O)N1CCCN(CC(F)(F)F)CC1.Cl.Cl. The number of carbonyl (C=O) groups is 1. The number of hydrogen-bond acceptors (Lipinski definition) is 4. The number of rotatable bonds is 6. The maximum atomic E-state index is 12.3. The van der Waals surface area contributed by atoms with Crippen LogP contribution in [0.25, 0.3) is 0 Å². The van der Waals surface area contributed by atoms with Crippen molar-refractivity contribution in [2.45, 2.75) is 12.6 Å². The fraction of sp³-hybridized carbons (Fsp3) is 0.917. The Labute approximate surface area is 141 Å². The third-order valence-corrected chi connectivity index (χ3v) is 3.10. The monoisotopic (exact) mass is 369 g/mol. The molecule has 134 valence electrons. The molecule has 0 spiro atoms. The van der Waals surface area contributed by atoms with E-state index in [4.69, 9.17) is 4.74 Å². The number of methoxy groups -OCH3 is 1. The minimum atomic E-state index is -4.18. The lowest BCUT2D eigenvalue weighted by atomic mass is 10.3. The molecule has 0 aromatic heterocycles. The predicted octanol–water partition coefficient (Wildman–Crippen LogP) is 1.16. The van der Waals surface area contributed by atoms with Gasteiger partial charge in [-0.15, -0.1) is 24.8 Å². The van der Waals surface area contributed by atoms with Gasteiger partial charge in [-0.25, -0.2) is 0 Å². The van der Waals surface area contributed by atoms with Crippen molar-refractivity contribution in [2.75, 3.05) is 59.5 Å². The maximum absolute atomic E-state index is 12.3. The molecule has 0 saturated carbocycles. The molecule has 0 aromatic carbocycles. The van der Waals surface area contributed by atoms with Crippen LogP contribution in [0.15, 0.2) is 0 Å². The molecule has 0 atom stereocenters. The topological polar surface area (TPSA) is 44.8 Å². The molecule has 1 N–H and O–H groups in total. The zero-order chi connectivity index (χ0) is 15.0. The van der Waals surface area contributed by atoms with Crippen LogP contribution in [0, 0.1) is 0 Å². The molecular formula is C12H24Cl2F3N3O2. The molecule has 0 radical (unpaired) electrons. The highest BCUT2D eigenvalue weighted by Crippen LogP contribution is 2.17. The Morgan fingerprint density at radius 1 is 1.18 bits per heavy atom. The van der Waals surface area contributed by atoms with Crippen molar-refractivity contribution in [3.05, 3.63) is 0 Å². The molecule has 1 rings (SSSR count). The lowest BCUT2D eigenvalue weighted by molar-refractivity contribution is -0.145. The van der Waals surface area contributed by atoms with E-state index in [9.17, 15) is 18.0 Å². The zero-order valence-electron chi connectivity index (χ0n) is 12.5. The summed E-state index contributed by atoms with van der Waals surface area (Å²) in [4.78, 5) is 14.9. The summed E-state index contributed by atoms with van der Waals surface area (Å²) < 4.78 is 41.8. The molecule has 1 heterocycles. The van der Waals surface area contributed by atoms with Crippen LogP contribution in [0.4, 0.5) is 13.2 Å². The summed E-state index contributed by atoms with van der Waals surface area (Å²) in [5.41, 5.74) is 0. The molecule has 1 fully saturated rings. The fourth-order valence-electron chi connectivity index (χ4n) is 2.11. The summed E-state index contributed by atoms with van der Waals surface area (Å²) in [6.45, 7) is 1.90. The molecule has 1 amide bonds. The van der Waals surface area contributed by atoms with Crippen LogP contribution in [-0.2, 0) is 9.53 Å². The third kappa shape index (κ3) is 10.4. The van der Waals surface area contributed by atoms with Gasteiger partial charge in [0.15, 0.2) is 0 Å². The maximum Gasteiger partial charge on any atom is 0.401 e. The first kappa shape index (κ1) is 24.0. The Balaban J connectivity index is 0. The first-order chi connectivity index (χ1) is 9.42. The highest BCUT2D eigenvalue weighted by molar-refractivity contribution is 5.85. The molecule has 22 heavy (non-hydrogen) atoms. The van der Waals surface area contributed by atoms with E-state index in [2.05, 4.69) is 5.32 Å². The highest BCUT2D eigenvalue weighted by atomic mass is 35.5. The Kier molecular flexibility index (Phi) is 13.3. The summed E-state index contributed by atoms with van der Waals surface area (Å²) in [7, 11) is 1.58. The van der Waals surface area contributed by atoms with Crippen molar-refractivity contribution >= 4 is 30.7 Å². The van der Waals surface area contributed by atoms with Crippen molar-refractivity contribution < 1.29 is 22.7 Å². The largest absolute Gasteiger partial charge is 0.401 e. The second kappa shape index (κ2) is 12.2. The normalized spacial score (nSPS) is 16.5. The van der Waals surface area contributed by atoms with Gasteiger partial charge in [-0.05, 0) is 6.42 Å². The predicted molar refractivity (Wildman–Crippen MR) is 82.9 cm³/mol. The number of alkyl halides is 3. The van der Waals surface area contributed by atoms with Gasteiger partial charge in [0, 0.05) is 39.8 Å². The van der Waals surface area contributed by atoms with Gasteiger partial charge in [0.1, 0.15) is 0 Å². The van der Waals surface area contributed by atoms with Crippen molar-refractivity contribution in [3.8, 4) is 0 Å². The van der Waals surface area contributed by atoms with Gasteiger partial charge in [-0.1, -0.05) is 0 Å². The number of amides is 1. The number of ether oxygens (including phenoxy) is 1. The van der Waals surface area contributed by atoms with E-state index in [1.165, 1.54) is 4.90 Å². The quantitative estimate of drug-likeness (QED) is 0.713. The van der Waals surface area contributed by atoms with Crippen molar-refractivity contribution in [1.82, 2.24) is 15.1 Å². The molecule has 0 bridgehead atoms. The van der Waals surface area contributed by atoms with Crippen molar-refractivity contribution in [3.63, 3.8) is 0 Å². The Bertz CT molecular complexity index is 310. The van der Waals surface area contributed by atoms with E-state index in [0.717, 1.165) is 0 Å². The highest BCUT2D eigenvalue weighted by Gasteiger charge is 2.31. The van der Waals surface area contributed by atoms with Crippen molar-refractivity contribution in [1.29, 1.82) is 0 Å². The van der Waals surface area contributed by atoms with Gasteiger partial charge in [0.2, 0.25) is 5.91 Å². The van der Waals surface area contributed by atoms with Gasteiger partial charge in [0.25, 0.3) is 0 Å². The van der Waals surface area contributed by atoms with E-state index in [1.54, 1.807) is 12.0 Å². The second-order valence-electron chi connectivity index (χ2n) is 4.80. The number of nitrogens with zero attached hydrogens (tertiary/aromatic N) is 2. The van der Waals surface area contributed by atoms with Crippen LogP contribution in [0.3, 0.4) is 0 Å². The Morgan fingerprint density at radius 2 is 1.86 bits per heavy atom. The van der Waals surface area contributed by atoms with Crippen LogP contribution in [0.2, 0.25) is 0 Å². The van der Waals surface area contributed by atoms with Gasteiger partial charge < -0.3 is 15.0 Å². The lowest BCUT2D eigenvalue weighted by Gasteiger charge is -2.22. The summed E-state index contributed by atoms with van der Waals surface area (Å²) in [5.74, 6) is -0.0741. The lowest BCUT2D eigenvalue weighted by Crippen LogP contribution is -2.42. The standard InChI is InChI=1S/C12H22F3N3O2.2ClH/c1-20-8-3-16-9-11(19)18-5-2-4-17(6-7-18)10-12(13,14)15;;/h16H,2-10H2,1H3;2*1H. The summed E-state index contributed by atoms with van der Waals surface area (Å²) in [6, 6.07) is 0. The van der Waals surface area contributed by atoms with Crippen LogP contribution in [0.1, 0.15) is 6.42 Å². The zero-order valence-corrected chi connectivity index (χ0v) is 14.2. The molecule has 1 aliphatic rings. The third-order valence-electron chi connectivity index (χ3n) is 3.10. The van der Waals surface area contributed by atoms with Gasteiger partial charge in [-0.2, -0.15) is 13.2 Å². The molecule has 0 unspecified atom stereocenters. The van der Waals surface area contributed by atoms with E-state index >= 15 is 0 Å². The van der Waals surface area contributed by atoms with Crippen LogP contribution >= 0.6 is 24.8 Å². The van der Waals surface area contributed by atoms with Crippen LogP contribution < -0.4 is 5.32 Å². The van der Waals surface area contributed by atoms with E-state index in [-0.39, 0.29) is 43.8 Å². The molecule has 0 aromatic rings. The smallest absolute Gasteiger partial charge is 0.383 e. The van der Waals surface area contributed by atoms with E-state index < -0.39 is 12.7 Å². The molecule has 5 nitrogen and oxygen atoms in total. The van der Waals surface area contributed by atoms with Gasteiger partial charge >= 0.3 is 6.18 Å². The summed E-state index contributed by atoms with van der Waals surface area (Å²) in [6.07, 6.45) is -3.61. The second-order valence-corrected chi connectivity index (χ2v) is 4.80. The average molecular weight is 370 g/mol. The molecule has 10 heteroatoms. The summed E-state index contributed by atoms with van der Waals surface area (Å²) in [5, 5.41) is 2.94. The van der Waals surface area contributed by atoms with E-state index in [1.807, 2.05) is 0 Å². The molecule has 1 aliphatic heterocycles. The van der Waals surface area contributed by atoms with Crippen molar-refractivity contribution in [2.24, 2.45) is 0 Å². The molecule has 1 saturated heterocycles. The van der Waals surface area contributed by atoms with Gasteiger partial charge in [-0.3, -0.25) is 9.69 Å². The van der Waals surface area contributed by atoms with Gasteiger partial charge in [0.05, 0.1) is 19.7 Å². The van der Waals surface area contributed by atoms with E-state index in [0.29, 0.717) is 39.2 Å². The Morgan fingerprint density at radius 3 is 2.45 bits per heavy atom. The summed E-state index contributed by atoms with van der Waals surface area (Å²) >= 11 is 0. The number of halogens is 5. The number of nitrogens with one attached hydrogen (secondary N) is 1. The number of carbonyl (C=O) groups excluding carboxylic acids is 1. The number of hydrogen-bond donors (Lipinski definition) is 1. The minimum Gasteiger partial charge on any atom is -0.383 e. The Hall–Kier alpha value is -0.280. The fourth-order valence-corrected chi connectivity index (χ4v) is 2.11. The molecular weight excluding hydrogens is 346 g/mol. The first-order valence-corrected chi connectivity index (χ1v) is 6.69. The first-order valence-electron chi connectivity index (χ1n) is 6.69. The van der Waals surface area contributed by atoms with Crippen LogP contribution in [0.5, 0.6) is 0 Å². The van der Waals surface area contributed by atoms with Crippen LogP contribution in [-0.4, -0.2) is 81.4 Å².